The van der Waals surface area contributed by atoms with Crippen molar-refractivity contribution in [3.05, 3.63) is 58.3 Å². The monoisotopic (exact) mass is 379 g/mol. The highest BCUT2D eigenvalue weighted by molar-refractivity contribution is 5.76. The maximum atomic E-state index is 12.5. The van der Waals surface area contributed by atoms with Crippen LogP contribution in [0.25, 0.3) is 16.7 Å². The molecule has 0 saturated carbocycles. The van der Waals surface area contributed by atoms with Gasteiger partial charge in [-0.05, 0) is 43.1 Å². The number of nitrogens with one attached hydrogen (secondary N) is 1. The van der Waals surface area contributed by atoms with Crippen LogP contribution in [0.3, 0.4) is 0 Å². The minimum absolute atomic E-state index is 0.0206. The Morgan fingerprint density at radius 3 is 2.68 bits per heavy atom. The van der Waals surface area contributed by atoms with Crippen molar-refractivity contribution in [3.8, 4) is 5.69 Å². The molecule has 2 aromatic heterocycles. The van der Waals surface area contributed by atoms with Gasteiger partial charge in [0, 0.05) is 41.8 Å². The van der Waals surface area contributed by atoms with Gasteiger partial charge < -0.3 is 10.7 Å². The van der Waals surface area contributed by atoms with Crippen LogP contribution in [0.15, 0.2) is 41.3 Å². The number of fused-ring (bicyclic) bond motifs is 1. The average molecular weight is 380 g/mol. The summed E-state index contributed by atoms with van der Waals surface area (Å²) >= 11 is 0. The van der Waals surface area contributed by atoms with Crippen molar-refractivity contribution < 1.29 is 0 Å². The van der Waals surface area contributed by atoms with E-state index >= 15 is 0 Å². The molecular weight excluding hydrogens is 350 g/mol. The molecule has 0 aliphatic carbocycles. The second-order valence-electron chi connectivity index (χ2n) is 8.93. The Morgan fingerprint density at radius 1 is 1.25 bits per heavy atom. The van der Waals surface area contributed by atoms with Gasteiger partial charge in [-0.3, -0.25) is 9.47 Å². The van der Waals surface area contributed by atoms with Crippen molar-refractivity contribution >= 4 is 11.0 Å². The van der Waals surface area contributed by atoms with Gasteiger partial charge in [-0.15, -0.1) is 0 Å². The van der Waals surface area contributed by atoms with E-state index < -0.39 is 0 Å². The van der Waals surface area contributed by atoms with Gasteiger partial charge in [0.1, 0.15) is 5.65 Å². The zero-order chi connectivity index (χ0) is 19.9. The van der Waals surface area contributed by atoms with E-state index in [-0.39, 0.29) is 17.1 Å². The smallest absolute Gasteiger partial charge is 0.343 e. The molecule has 1 atom stereocenters. The fourth-order valence-electron chi connectivity index (χ4n) is 3.84. The van der Waals surface area contributed by atoms with Gasteiger partial charge in [0.25, 0.3) is 0 Å². The summed E-state index contributed by atoms with van der Waals surface area (Å²) in [5.74, 6) is 0. The summed E-state index contributed by atoms with van der Waals surface area (Å²) in [5, 5.41) is 0.941. The first kappa shape index (κ1) is 18.9. The number of H-pyrrole nitrogens is 1. The summed E-state index contributed by atoms with van der Waals surface area (Å²) in [6.45, 7) is 9.35. The number of nitrogens with zero attached hydrogens (tertiary/aromatic N) is 3. The summed E-state index contributed by atoms with van der Waals surface area (Å²) < 4.78 is 1.61. The molecule has 3 aromatic rings. The molecule has 0 radical (unpaired) electrons. The largest absolute Gasteiger partial charge is 0.354 e. The first-order chi connectivity index (χ1) is 13.3. The topological polar surface area (TPSA) is 79.9 Å². The highest BCUT2D eigenvalue weighted by Gasteiger charge is 2.18. The van der Waals surface area contributed by atoms with Gasteiger partial charge in [-0.1, -0.05) is 32.9 Å². The Labute approximate surface area is 165 Å². The normalized spacial score (nSPS) is 18.6. The summed E-state index contributed by atoms with van der Waals surface area (Å²) in [6.07, 6.45) is 4.15. The van der Waals surface area contributed by atoms with Crippen molar-refractivity contribution in [2.75, 3.05) is 13.1 Å². The van der Waals surface area contributed by atoms with Gasteiger partial charge in [0.2, 0.25) is 0 Å². The predicted molar refractivity (Wildman–Crippen MR) is 113 cm³/mol. The van der Waals surface area contributed by atoms with Crippen LogP contribution in [0.5, 0.6) is 0 Å². The van der Waals surface area contributed by atoms with E-state index in [1.54, 1.807) is 4.57 Å². The quantitative estimate of drug-likeness (QED) is 0.733. The van der Waals surface area contributed by atoms with E-state index in [0.717, 1.165) is 49.2 Å². The second-order valence-corrected chi connectivity index (χ2v) is 8.93. The molecule has 1 aromatic carbocycles. The van der Waals surface area contributed by atoms with Crippen molar-refractivity contribution in [3.63, 3.8) is 0 Å². The molecule has 148 valence electrons. The maximum absolute atomic E-state index is 12.5. The first-order valence-electron chi connectivity index (χ1n) is 10.00. The van der Waals surface area contributed by atoms with Crippen molar-refractivity contribution in [1.82, 2.24) is 19.4 Å². The number of hydrogen-bond donors (Lipinski definition) is 2. The molecule has 0 bridgehead atoms. The molecule has 1 fully saturated rings. The van der Waals surface area contributed by atoms with E-state index in [1.807, 2.05) is 18.3 Å². The first-order valence-corrected chi connectivity index (χ1v) is 10.00. The van der Waals surface area contributed by atoms with Crippen LogP contribution in [0, 0.1) is 0 Å². The Hall–Kier alpha value is -2.44. The van der Waals surface area contributed by atoms with Crippen molar-refractivity contribution in [1.29, 1.82) is 0 Å². The molecule has 3 heterocycles. The summed E-state index contributed by atoms with van der Waals surface area (Å²) in [4.78, 5) is 22.5. The van der Waals surface area contributed by atoms with Crippen LogP contribution >= 0.6 is 0 Å². The molecule has 1 saturated heterocycles. The fraction of sp³-hybridized carbons (Fsp3) is 0.455. The lowest BCUT2D eigenvalue weighted by Crippen LogP contribution is -2.42. The molecule has 6 heteroatoms. The number of nitrogens with two attached hydrogens (primary N) is 1. The van der Waals surface area contributed by atoms with Gasteiger partial charge in [0.05, 0.1) is 5.69 Å². The van der Waals surface area contributed by atoms with E-state index in [9.17, 15) is 4.79 Å². The summed E-state index contributed by atoms with van der Waals surface area (Å²) in [6, 6.07) is 10.5. The Bertz CT molecular complexity index is 1030. The number of aromatic amines is 1. The maximum Gasteiger partial charge on any atom is 0.354 e. The van der Waals surface area contributed by atoms with Crippen LogP contribution in [-0.2, 0) is 12.0 Å². The van der Waals surface area contributed by atoms with Gasteiger partial charge in [-0.2, -0.15) is 4.98 Å². The van der Waals surface area contributed by atoms with Gasteiger partial charge >= 0.3 is 5.69 Å². The highest BCUT2D eigenvalue weighted by atomic mass is 16.1. The molecule has 0 amide bonds. The van der Waals surface area contributed by atoms with Crippen molar-refractivity contribution in [2.45, 2.75) is 51.6 Å². The number of hydrogen-bond acceptors (Lipinski definition) is 4. The van der Waals surface area contributed by atoms with Crippen LogP contribution in [-0.4, -0.2) is 38.6 Å². The number of likely N-dealkylation sites (tertiary alicyclic amines) is 1. The van der Waals surface area contributed by atoms with E-state index in [1.165, 1.54) is 5.56 Å². The standard InChI is InChI=1S/C22H29N5O/c1-22(2,3)19-11-16-13-27(21(28)25-20(16)24-19)18-8-6-15(7-9-18)12-26-10-4-5-17(23)14-26/h6-9,11,13,17H,4-5,10,12,14,23H2,1-3H3,(H,24,25,28)/t17-/m0/s1. The molecule has 1 aliphatic rings. The minimum Gasteiger partial charge on any atom is -0.343 e. The van der Waals surface area contributed by atoms with Crippen molar-refractivity contribution in [2.24, 2.45) is 5.73 Å². The number of benzene rings is 1. The van der Waals surface area contributed by atoms with Crippen LogP contribution < -0.4 is 11.4 Å². The van der Waals surface area contributed by atoms with Gasteiger partial charge in [-0.25, -0.2) is 4.79 Å². The number of piperidine rings is 1. The van der Waals surface area contributed by atoms with Crippen LogP contribution in [0.1, 0.15) is 44.9 Å². The third-order valence-corrected chi connectivity index (χ3v) is 5.48. The van der Waals surface area contributed by atoms with E-state index in [0.29, 0.717) is 5.65 Å². The molecule has 3 N–H and O–H groups in total. The molecule has 1 aliphatic heterocycles. The lowest BCUT2D eigenvalue weighted by molar-refractivity contribution is 0.201. The lowest BCUT2D eigenvalue weighted by atomic mass is 9.92. The third kappa shape index (κ3) is 3.88. The molecule has 0 spiro atoms. The lowest BCUT2D eigenvalue weighted by Gasteiger charge is -2.30. The molecular formula is C22H29N5O. The predicted octanol–water partition coefficient (Wildman–Crippen LogP) is 2.93. The summed E-state index contributed by atoms with van der Waals surface area (Å²) in [7, 11) is 0. The number of aromatic nitrogens is 3. The van der Waals surface area contributed by atoms with E-state index in [4.69, 9.17) is 5.73 Å². The molecule has 0 unspecified atom stereocenters. The van der Waals surface area contributed by atoms with Crippen LogP contribution in [0.4, 0.5) is 0 Å². The SMILES string of the molecule is CC(C)(C)c1cc2cn(-c3ccc(CN4CCC[C@H](N)C4)cc3)c(=O)nc2[nH]1. The Morgan fingerprint density at radius 2 is 2.00 bits per heavy atom. The highest BCUT2D eigenvalue weighted by Crippen LogP contribution is 2.24. The zero-order valence-electron chi connectivity index (χ0n) is 16.9. The van der Waals surface area contributed by atoms with Gasteiger partial charge in [0.15, 0.2) is 0 Å². The minimum atomic E-state index is -0.274. The van der Waals surface area contributed by atoms with E-state index in [2.05, 4.69) is 53.8 Å². The molecule has 6 nitrogen and oxygen atoms in total. The Balaban J connectivity index is 1.59. The molecule has 28 heavy (non-hydrogen) atoms. The molecule has 4 rings (SSSR count). The van der Waals surface area contributed by atoms with Crippen LogP contribution in [0.2, 0.25) is 0 Å². The summed E-state index contributed by atoms with van der Waals surface area (Å²) in [5.41, 5.74) is 9.56. The second kappa shape index (κ2) is 7.18. The number of rotatable bonds is 3. The third-order valence-electron chi connectivity index (χ3n) is 5.48. The Kier molecular flexibility index (Phi) is 4.85. The zero-order valence-corrected chi connectivity index (χ0v) is 16.9. The average Bonchev–Trinajstić information content (AvgIpc) is 3.05. The fourth-order valence-corrected chi connectivity index (χ4v) is 3.84.